The molecule has 0 saturated carbocycles. The summed E-state index contributed by atoms with van der Waals surface area (Å²) < 4.78 is 26.0. The lowest BCUT2D eigenvalue weighted by Crippen LogP contribution is -2.33. The van der Waals surface area contributed by atoms with E-state index in [1.54, 1.807) is 0 Å². The van der Waals surface area contributed by atoms with Crippen molar-refractivity contribution >= 4 is 17.5 Å². The third-order valence-electron chi connectivity index (χ3n) is 3.53. The average molecular weight is 332 g/mol. The van der Waals surface area contributed by atoms with Crippen LogP contribution in [0.3, 0.4) is 0 Å². The zero-order chi connectivity index (χ0) is 17.9. The molecule has 0 saturated heterocycles. The average Bonchev–Trinajstić information content (AvgIpc) is 2.51. The van der Waals surface area contributed by atoms with Crippen molar-refractivity contribution in [3.63, 3.8) is 0 Å². The summed E-state index contributed by atoms with van der Waals surface area (Å²) in [6.07, 6.45) is 0. The lowest BCUT2D eigenvalue weighted by Gasteiger charge is -2.13. The van der Waals surface area contributed by atoms with Gasteiger partial charge in [0.05, 0.1) is 6.54 Å². The van der Waals surface area contributed by atoms with Gasteiger partial charge in [0.25, 0.3) is 5.91 Å². The Morgan fingerprint density at radius 3 is 2.17 bits per heavy atom. The lowest BCUT2D eigenvalue weighted by atomic mass is 10.1. The number of hydrogen-bond donors (Lipinski definition) is 2. The van der Waals surface area contributed by atoms with Crippen molar-refractivity contribution in [2.75, 3.05) is 11.9 Å². The molecule has 6 heteroatoms. The van der Waals surface area contributed by atoms with Crippen LogP contribution in [0.2, 0.25) is 0 Å². The van der Waals surface area contributed by atoms with Crippen molar-refractivity contribution in [1.82, 2.24) is 5.32 Å². The Hall–Kier alpha value is -2.76. The van der Waals surface area contributed by atoms with E-state index in [4.69, 9.17) is 0 Å². The van der Waals surface area contributed by atoms with Gasteiger partial charge in [-0.25, -0.2) is 8.78 Å². The molecule has 0 aliphatic rings. The topological polar surface area (TPSA) is 58.2 Å². The maximum atomic E-state index is 13.1. The Kier molecular flexibility index (Phi) is 5.28. The van der Waals surface area contributed by atoms with Crippen LogP contribution >= 0.6 is 0 Å². The fourth-order valence-corrected chi connectivity index (χ4v) is 2.46. The number of benzene rings is 2. The van der Waals surface area contributed by atoms with Crippen molar-refractivity contribution in [2.45, 2.75) is 20.8 Å². The van der Waals surface area contributed by atoms with Crippen molar-refractivity contribution in [3.05, 3.63) is 64.2 Å². The van der Waals surface area contributed by atoms with Gasteiger partial charge in [-0.05, 0) is 50.1 Å². The van der Waals surface area contributed by atoms with Gasteiger partial charge in [-0.1, -0.05) is 17.7 Å². The van der Waals surface area contributed by atoms with Crippen LogP contribution in [-0.2, 0) is 4.79 Å². The number of anilines is 1. The van der Waals surface area contributed by atoms with Crippen LogP contribution in [-0.4, -0.2) is 18.4 Å². The Bertz CT molecular complexity index is 781. The highest BCUT2D eigenvalue weighted by atomic mass is 19.2. The third kappa shape index (κ3) is 4.16. The monoisotopic (exact) mass is 332 g/mol. The minimum absolute atomic E-state index is 0.0515. The number of aryl methyl sites for hydroxylation is 3. The molecular weight excluding hydrogens is 314 g/mol. The largest absolute Gasteiger partial charge is 0.343 e. The fraction of sp³-hybridized carbons (Fsp3) is 0.222. The van der Waals surface area contributed by atoms with Gasteiger partial charge in [0.1, 0.15) is 0 Å². The second-order valence-electron chi connectivity index (χ2n) is 5.63. The number of hydrogen-bond acceptors (Lipinski definition) is 2. The van der Waals surface area contributed by atoms with Gasteiger partial charge in [-0.2, -0.15) is 0 Å². The minimum atomic E-state index is -1.11. The van der Waals surface area contributed by atoms with E-state index in [1.807, 2.05) is 32.9 Å². The predicted molar refractivity (Wildman–Crippen MR) is 88.0 cm³/mol. The lowest BCUT2D eigenvalue weighted by molar-refractivity contribution is -0.115. The summed E-state index contributed by atoms with van der Waals surface area (Å²) in [4.78, 5) is 23.9. The van der Waals surface area contributed by atoms with Crippen molar-refractivity contribution < 1.29 is 18.4 Å². The Labute approximate surface area is 138 Å². The molecule has 2 rings (SSSR count). The van der Waals surface area contributed by atoms with Crippen LogP contribution in [0, 0.1) is 32.4 Å². The number of amides is 2. The quantitative estimate of drug-likeness (QED) is 0.903. The maximum absolute atomic E-state index is 13.1. The summed E-state index contributed by atoms with van der Waals surface area (Å²) in [6.45, 7) is 5.46. The molecule has 4 nitrogen and oxygen atoms in total. The van der Waals surface area contributed by atoms with Crippen molar-refractivity contribution in [2.24, 2.45) is 0 Å². The summed E-state index contributed by atoms with van der Waals surface area (Å²) in [5.41, 5.74) is 3.59. The highest BCUT2D eigenvalue weighted by molar-refractivity contribution is 5.99. The zero-order valence-electron chi connectivity index (χ0n) is 13.7. The highest BCUT2D eigenvalue weighted by Gasteiger charge is 2.12. The molecule has 0 atom stereocenters. The summed E-state index contributed by atoms with van der Waals surface area (Å²) >= 11 is 0. The number of halogens is 2. The van der Waals surface area contributed by atoms with Crippen LogP contribution in [0.1, 0.15) is 27.0 Å². The van der Waals surface area contributed by atoms with Crippen LogP contribution in [0.5, 0.6) is 0 Å². The molecule has 2 aromatic rings. The van der Waals surface area contributed by atoms with Gasteiger partial charge < -0.3 is 10.6 Å². The molecule has 0 radical (unpaired) electrons. The third-order valence-corrected chi connectivity index (χ3v) is 3.53. The summed E-state index contributed by atoms with van der Waals surface area (Å²) in [5.74, 6) is -3.20. The summed E-state index contributed by atoms with van der Waals surface area (Å²) in [6, 6.07) is 6.70. The molecule has 0 spiro atoms. The molecule has 2 N–H and O–H groups in total. The first kappa shape index (κ1) is 17.6. The fourth-order valence-electron chi connectivity index (χ4n) is 2.46. The van der Waals surface area contributed by atoms with E-state index >= 15 is 0 Å². The molecule has 24 heavy (non-hydrogen) atoms. The molecule has 0 bridgehead atoms. The Morgan fingerprint density at radius 2 is 1.58 bits per heavy atom. The van der Waals surface area contributed by atoms with Crippen molar-refractivity contribution in [3.8, 4) is 0 Å². The van der Waals surface area contributed by atoms with Gasteiger partial charge in [-0.15, -0.1) is 0 Å². The van der Waals surface area contributed by atoms with Crippen LogP contribution in [0.25, 0.3) is 0 Å². The molecule has 0 heterocycles. The van der Waals surface area contributed by atoms with Crippen molar-refractivity contribution in [1.29, 1.82) is 0 Å². The first-order valence-electron chi connectivity index (χ1n) is 7.39. The highest BCUT2D eigenvalue weighted by Crippen LogP contribution is 2.21. The van der Waals surface area contributed by atoms with Gasteiger partial charge in [0, 0.05) is 11.3 Å². The molecule has 126 valence electrons. The normalized spacial score (nSPS) is 10.4. The van der Waals surface area contributed by atoms with Gasteiger partial charge in [0.2, 0.25) is 5.91 Å². The van der Waals surface area contributed by atoms with Gasteiger partial charge in [-0.3, -0.25) is 9.59 Å². The smallest absolute Gasteiger partial charge is 0.251 e. The summed E-state index contributed by atoms with van der Waals surface area (Å²) in [7, 11) is 0. The van der Waals surface area contributed by atoms with E-state index < -0.39 is 23.4 Å². The van der Waals surface area contributed by atoms with Crippen LogP contribution < -0.4 is 10.6 Å². The van der Waals surface area contributed by atoms with Gasteiger partial charge in [0.15, 0.2) is 11.6 Å². The van der Waals surface area contributed by atoms with E-state index in [1.165, 1.54) is 0 Å². The second kappa shape index (κ2) is 7.21. The molecule has 0 aliphatic heterocycles. The first-order valence-corrected chi connectivity index (χ1v) is 7.39. The zero-order valence-corrected chi connectivity index (χ0v) is 13.7. The SMILES string of the molecule is Cc1cc(C)c(NC(=O)CNC(=O)c2ccc(F)c(F)c2)c(C)c1. The second-order valence-corrected chi connectivity index (χ2v) is 5.63. The van der Waals surface area contributed by atoms with Crippen LogP contribution in [0.15, 0.2) is 30.3 Å². The molecule has 0 fully saturated rings. The molecule has 0 aliphatic carbocycles. The molecule has 0 unspecified atom stereocenters. The minimum Gasteiger partial charge on any atom is -0.343 e. The van der Waals surface area contributed by atoms with E-state index in [0.717, 1.165) is 34.9 Å². The molecule has 0 aromatic heterocycles. The predicted octanol–water partition coefficient (Wildman–Crippen LogP) is 3.26. The standard InChI is InChI=1S/C18H18F2N2O2/c1-10-6-11(2)17(12(3)7-10)22-16(23)9-21-18(24)13-4-5-14(19)15(20)8-13/h4-8H,9H2,1-3H3,(H,21,24)(H,22,23). The van der Waals surface area contributed by atoms with Gasteiger partial charge >= 0.3 is 0 Å². The maximum Gasteiger partial charge on any atom is 0.251 e. The number of carbonyl (C=O) groups is 2. The van der Waals surface area contributed by atoms with E-state index in [9.17, 15) is 18.4 Å². The van der Waals surface area contributed by atoms with Crippen LogP contribution in [0.4, 0.5) is 14.5 Å². The van der Waals surface area contributed by atoms with E-state index in [-0.39, 0.29) is 12.1 Å². The van der Waals surface area contributed by atoms with E-state index in [0.29, 0.717) is 5.69 Å². The van der Waals surface area contributed by atoms with E-state index in [2.05, 4.69) is 10.6 Å². The molecule has 2 amide bonds. The number of carbonyl (C=O) groups excluding carboxylic acids is 2. The molecule has 2 aromatic carbocycles. The Morgan fingerprint density at radius 1 is 0.958 bits per heavy atom. The molecular formula is C18H18F2N2O2. The number of nitrogens with one attached hydrogen (secondary N) is 2. The number of rotatable bonds is 4. The summed E-state index contributed by atoms with van der Waals surface area (Å²) in [5, 5.41) is 5.12. The Balaban J connectivity index is 1.98. The first-order chi connectivity index (χ1) is 11.3.